The van der Waals surface area contributed by atoms with Gasteiger partial charge < -0.3 is 14.2 Å². The third-order valence-electron chi connectivity index (χ3n) is 1.70. The van der Waals surface area contributed by atoms with Crippen molar-refractivity contribution in [3.8, 4) is 17.2 Å². The third kappa shape index (κ3) is 2.80. The molecule has 0 spiro atoms. The second kappa shape index (κ2) is 5.75. The zero-order chi connectivity index (χ0) is 10.4. The van der Waals surface area contributed by atoms with Gasteiger partial charge >= 0.3 is 0 Å². The molecule has 1 rings (SSSR count). The van der Waals surface area contributed by atoms with Crippen molar-refractivity contribution in [3.63, 3.8) is 0 Å². The van der Waals surface area contributed by atoms with Crippen molar-refractivity contribution in [1.29, 1.82) is 0 Å². The van der Waals surface area contributed by atoms with Crippen molar-refractivity contribution >= 4 is 15.9 Å². The van der Waals surface area contributed by atoms with Crippen molar-refractivity contribution < 1.29 is 14.2 Å². The Labute approximate surface area is 92.1 Å². The molecule has 3 nitrogen and oxygen atoms in total. The van der Waals surface area contributed by atoms with E-state index < -0.39 is 0 Å². The highest BCUT2D eigenvalue weighted by molar-refractivity contribution is 9.09. The Morgan fingerprint density at radius 3 is 2.43 bits per heavy atom. The number of rotatable bonds is 5. The molecule has 0 aromatic heterocycles. The van der Waals surface area contributed by atoms with E-state index in [2.05, 4.69) is 15.9 Å². The molecule has 14 heavy (non-hydrogen) atoms. The van der Waals surface area contributed by atoms with Crippen LogP contribution >= 0.6 is 15.9 Å². The molecule has 0 saturated heterocycles. The van der Waals surface area contributed by atoms with Gasteiger partial charge in [-0.15, -0.1) is 0 Å². The van der Waals surface area contributed by atoms with Crippen molar-refractivity contribution in [3.05, 3.63) is 18.2 Å². The molecule has 0 heterocycles. The van der Waals surface area contributed by atoms with Gasteiger partial charge in [0, 0.05) is 11.4 Å². The minimum Gasteiger partial charge on any atom is -0.493 e. The largest absolute Gasteiger partial charge is 0.493 e. The van der Waals surface area contributed by atoms with E-state index in [4.69, 9.17) is 14.2 Å². The monoisotopic (exact) mass is 260 g/mol. The smallest absolute Gasteiger partial charge is 0.164 e. The van der Waals surface area contributed by atoms with Crippen molar-refractivity contribution in [1.82, 2.24) is 0 Å². The molecule has 1 aromatic carbocycles. The number of alkyl halides is 1. The standard InChI is InChI=1S/C10H13BrO3/c1-12-9-4-3-8(14-6-5-11)7-10(9)13-2/h3-4,7H,5-6H2,1-2H3. The van der Waals surface area contributed by atoms with Crippen LogP contribution in [0, 0.1) is 0 Å². The number of hydrogen-bond acceptors (Lipinski definition) is 3. The molecule has 4 heteroatoms. The van der Waals surface area contributed by atoms with Crippen LogP contribution in [0.25, 0.3) is 0 Å². The summed E-state index contributed by atoms with van der Waals surface area (Å²) in [5, 5.41) is 0.807. The van der Waals surface area contributed by atoms with E-state index in [1.807, 2.05) is 18.2 Å². The molecule has 0 amide bonds. The van der Waals surface area contributed by atoms with E-state index in [9.17, 15) is 0 Å². The number of halogens is 1. The van der Waals surface area contributed by atoms with Gasteiger partial charge in [-0.1, -0.05) is 15.9 Å². The van der Waals surface area contributed by atoms with E-state index in [1.54, 1.807) is 14.2 Å². The number of benzene rings is 1. The fourth-order valence-corrected chi connectivity index (χ4v) is 1.22. The predicted octanol–water partition coefficient (Wildman–Crippen LogP) is 2.48. The minimum atomic E-state index is 0.634. The van der Waals surface area contributed by atoms with E-state index in [-0.39, 0.29) is 0 Å². The molecule has 0 radical (unpaired) electrons. The molecule has 0 fully saturated rings. The normalized spacial score (nSPS) is 9.64. The Morgan fingerprint density at radius 2 is 1.86 bits per heavy atom. The van der Waals surface area contributed by atoms with Gasteiger partial charge in [0.05, 0.1) is 20.8 Å². The Kier molecular flexibility index (Phi) is 4.59. The van der Waals surface area contributed by atoms with Crippen LogP contribution in [-0.4, -0.2) is 26.2 Å². The fraction of sp³-hybridized carbons (Fsp3) is 0.400. The van der Waals surface area contributed by atoms with E-state index in [1.165, 1.54) is 0 Å². The zero-order valence-corrected chi connectivity index (χ0v) is 9.83. The first-order valence-electron chi connectivity index (χ1n) is 4.22. The molecular formula is C10H13BrO3. The molecular weight excluding hydrogens is 248 g/mol. The summed E-state index contributed by atoms with van der Waals surface area (Å²) in [6.07, 6.45) is 0. The zero-order valence-electron chi connectivity index (χ0n) is 8.25. The van der Waals surface area contributed by atoms with Crippen LogP contribution in [0.15, 0.2) is 18.2 Å². The summed E-state index contributed by atoms with van der Waals surface area (Å²) in [5.41, 5.74) is 0. The Balaban J connectivity index is 2.79. The van der Waals surface area contributed by atoms with Crippen LogP contribution in [-0.2, 0) is 0 Å². The molecule has 0 saturated carbocycles. The summed E-state index contributed by atoms with van der Waals surface area (Å²) < 4.78 is 15.7. The predicted molar refractivity (Wildman–Crippen MR) is 58.8 cm³/mol. The average Bonchev–Trinajstić information content (AvgIpc) is 2.25. The third-order valence-corrected chi connectivity index (χ3v) is 2.02. The SMILES string of the molecule is COc1ccc(OCCBr)cc1OC. The number of methoxy groups -OCH3 is 2. The summed E-state index contributed by atoms with van der Waals surface area (Å²) in [5.74, 6) is 2.17. The molecule has 0 aliphatic rings. The van der Waals surface area contributed by atoms with E-state index in [0.29, 0.717) is 18.1 Å². The number of ether oxygens (including phenoxy) is 3. The van der Waals surface area contributed by atoms with Gasteiger partial charge in [-0.25, -0.2) is 0 Å². The van der Waals surface area contributed by atoms with Crippen LogP contribution in [0.1, 0.15) is 0 Å². The van der Waals surface area contributed by atoms with Crippen LogP contribution in [0.5, 0.6) is 17.2 Å². The Morgan fingerprint density at radius 1 is 1.14 bits per heavy atom. The lowest BCUT2D eigenvalue weighted by atomic mass is 10.3. The molecule has 0 bridgehead atoms. The maximum atomic E-state index is 5.41. The summed E-state index contributed by atoms with van der Waals surface area (Å²) in [6, 6.07) is 5.48. The number of hydrogen-bond donors (Lipinski definition) is 0. The topological polar surface area (TPSA) is 27.7 Å². The molecule has 0 aliphatic heterocycles. The Bertz CT molecular complexity index is 289. The lowest BCUT2D eigenvalue weighted by Gasteiger charge is -2.09. The average molecular weight is 261 g/mol. The van der Waals surface area contributed by atoms with Gasteiger partial charge in [0.1, 0.15) is 5.75 Å². The molecule has 0 aliphatic carbocycles. The molecule has 0 atom stereocenters. The highest BCUT2D eigenvalue weighted by Gasteiger charge is 2.04. The van der Waals surface area contributed by atoms with Crippen molar-refractivity contribution in [2.45, 2.75) is 0 Å². The summed E-state index contributed by atoms with van der Waals surface area (Å²) in [7, 11) is 3.21. The highest BCUT2D eigenvalue weighted by atomic mass is 79.9. The van der Waals surface area contributed by atoms with Crippen LogP contribution < -0.4 is 14.2 Å². The molecule has 78 valence electrons. The van der Waals surface area contributed by atoms with Gasteiger partial charge in [-0.2, -0.15) is 0 Å². The quantitative estimate of drug-likeness (QED) is 0.762. The van der Waals surface area contributed by atoms with Gasteiger partial charge in [0.25, 0.3) is 0 Å². The molecule has 1 aromatic rings. The Hall–Kier alpha value is -0.900. The van der Waals surface area contributed by atoms with Crippen LogP contribution in [0.3, 0.4) is 0 Å². The molecule has 0 N–H and O–H groups in total. The minimum absolute atomic E-state index is 0.634. The summed E-state index contributed by atoms with van der Waals surface area (Å²) in [6.45, 7) is 0.634. The lowest BCUT2D eigenvalue weighted by molar-refractivity contribution is 0.330. The van der Waals surface area contributed by atoms with Gasteiger partial charge in [-0.05, 0) is 12.1 Å². The summed E-state index contributed by atoms with van der Waals surface area (Å²) >= 11 is 3.29. The van der Waals surface area contributed by atoms with Crippen LogP contribution in [0.4, 0.5) is 0 Å². The van der Waals surface area contributed by atoms with Crippen molar-refractivity contribution in [2.75, 3.05) is 26.2 Å². The first kappa shape index (κ1) is 11.2. The van der Waals surface area contributed by atoms with Gasteiger partial charge in [0.2, 0.25) is 0 Å². The van der Waals surface area contributed by atoms with Gasteiger partial charge in [-0.3, -0.25) is 0 Å². The van der Waals surface area contributed by atoms with Crippen molar-refractivity contribution in [2.24, 2.45) is 0 Å². The maximum absolute atomic E-state index is 5.41. The fourth-order valence-electron chi connectivity index (χ4n) is 1.06. The summed E-state index contributed by atoms with van der Waals surface area (Å²) in [4.78, 5) is 0. The second-order valence-electron chi connectivity index (χ2n) is 2.55. The van der Waals surface area contributed by atoms with E-state index >= 15 is 0 Å². The molecule has 0 unspecified atom stereocenters. The first-order valence-corrected chi connectivity index (χ1v) is 5.34. The maximum Gasteiger partial charge on any atom is 0.164 e. The van der Waals surface area contributed by atoms with Gasteiger partial charge in [0.15, 0.2) is 11.5 Å². The van der Waals surface area contributed by atoms with Crippen LogP contribution in [0.2, 0.25) is 0 Å². The van der Waals surface area contributed by atoms with E-state index in [0.717, 1.165) is 11.1 Å². The second-order valence-corrected chi connectivity index (χ2v) is 3.35. The first-order chi connectivity index (χ1) is 6.81. The highest BCUT2D eigenvalue weighted by Crippen LogP contribution is 2.30. The lowest BCUT2D eigenvalue weighted by Crippen LogP contribution is -1.98.